The largest absolute Gasteiger partial charge is 0.487 e. The van der Waals surface area contributed by atoms with Crippen molar-refractivity contribution in [3.05, 3.63) is 69.9 Å². The maximum Gasteiger partial charge on any atom is 0.336 e. The first-order valence-corrected chi connectivity index (χ1v) is 8.21. The molecular formula is C18H13NO4S. The zero-order valence-corrected chi connectivity index (χ0v) is 13.6. The number of nitrogens with zero attached hydrogens (tertiary/aromatic N) is 1. The number of hydrogen-bond donors (Lipinski definition) is 0. The second-order valence-electron chi connectivity index (χ2n) is 5.35. The van der Waals surface area contributed by atoms with E-state index in [1.807, 2.05) is 30.5 Å². The smallest absolute Gasteiger partial charge is 0.336 e. The van der Waals surface area contributed by atoms with Crippen LogP contribution in [0.5, 0.6) is 5.75 Å². The third-order valence-electron chi connectivity index (χ3n) is 3.63. The predicted molar refractivity (Wildman–Crippen MR) is 91.4 cm³/mol. The Balaban J connectivity index is 1.54. The second kappa shape index (κ2) is 5.98. The first-order valence-electron chi connectivity index (χ1n) is 7.33. The lowest BCUT2D eigenvalue weighted by atomic mass is 10.1. The fraction of sp³-hybridized carbons (Fsp3) is 0.111. The van der Waals surface area contributed by atoms with Crippen LogP contribution in [0.3, 0.4) is 0 Å². The first kappa shape index (κ1) is 14.7. The molecule has 1 aromatic carbocycles. The van der Waals surface area contributed by atoms with Gasteiger partial charge in [-0.3, -0.25) is 0 Å². The quantitative estimate of drug-likeness (QED) is 0.516. The Labute approximate surface area is 141 Å². The highest BCUT2D eigenvalue weighted by Gasteiger charge is 2.08. The van der Waals surface area contributed by atoms with E-state index < -0.39 is 0 Å². The van der Waals surface area contributed by atoms with Crippen LogP contribution in [0.4, 0.5) is 0 Å². The minimum Gasteiger partial charge on any atom is -0.487 e. The van der Waals surface area contributed by atoms with E-state index in [4.69, 9.17) is 13.6 Å². The van der Waals surface area contributed by atoms with E-state index in [0.717, 1.165) is 27.2 Å². The number of benzene rings is 1. The monoisotopic (exact) mass is 339 g/mol. The average Bonchev–Trinajstić information content (AvgIpc) is 3.23. The molecular weight excluding hydrogens is 326 g/mol. The summed E-state index contributed by atoms with van der Waals surface area (Å²) in [5, 5.41) is 3.74. The lowest BCUT2D eigenvalue weighted by Crippen LogP contribution is -1.99. The molecule has 0 saturated heterocycles. The number of furan rings is 1. The molecule has 0 aliphatic heterocycles. The lowest BCUT2D eigenvalue weighted by Gasteiger charge is -2.06. The van der Waals surface area contributed by atoms with Gasteiger partial charge in [0.2, 0.25) is 0 Å². The van der Waals surface area contributed by atoms with Crippen molar-refractivity contribution in [2.45, 2.75) is 13.5 Å². The minimum atomic E-state index is -0.360. The fourth-order valence-corrected chi connectivity index (χ4v) is 3.23. The van der Waals surface area contributed by atoms with Gasteiger partial charge >= 0.3 is 5.63 Å². The maximum absolute atomic E-state index is 11.5. The molecule has 4 aromatic rings. The Hall–Kier alpha value is -2.86. The van der Waals surface area contributed by atoms with Gasteiger partial charge in [-0.25, -0.2) is 9.78 Å². The van der Waals surface area contributed by atoms with Crippen molar-refractivity contribution in [1.29, 1.82) is 0 Å². The Morgan fingerprint density at radius 2 is 2.17 bits per heavy atom. The molecule has 24 heavy (non-hydrogen) atoms. The van der Waals surface area contributed by atoms with Gasteiger partial charge in [-0.15, -0.1) is 11.3 Å². The van der Waals surface area contributed by atoms with Crippen LogP contribution in [-0.2, 0) is 6.61 Å². The van der Waals surface area contributed by atoms with Crippen LogP contribution in [0.1, 0.15) is 11.3 Å². The van der Waals surface area contributed by atoms with E-state index in [9.17, 15) is 4.79 Å². The lowest BCUT2D eigenvalue weighted by molar-refractivity contribution is 0.302. The van der Waals surface area contributed by atoms with Gasteiger partial charge in [0.05, 0.1) is 12.0 Å². The van der Waals surface area contributed by atoms with Crippen molar-refractivity contribution >= 4 is 22.3 Å². The highest BCUT2D eigenvalue weighted by atomic mass is 32.1. The molecule has 5 nitrogen and oxygen atoms in total. The topological polar surface area (TPSA) is 65.5 Å². The summed E-state index contributed by atoms with van der Waals surface area (Å²) in [6.45, 7) is 2.22. The molecule has 0 bridgehead atoms. The van der Waals surface area contributed by atoms with E-state index in [2.05, 4.69) is 4.98 Å². The molecule has 0 radical (unpaired) electrons. The summed E-state index contributed by atoms with van der Waals surface area (Å²) in [5.74, 6) is 0.633. The van der Waals surface area contributed by atoms with E-state index in [0.29, 0.717) is 17.9 Å². The predicted octanol–water partition coefficient (Wildman–Crippen LogP) is 4.40. The van der Waals surface area contributed by atoms with E-state index >= 15 is 0 Å². The van der Waals surface area contributed by atoms with Crippen LogP contribution in [0, 0.1) is 6.92 Å². The highest BCUT2D eigenvalue weighted by Crippen LogP contribution is 2.26. The molecule has 120 valence electrons. The molecule has 0 N–H and O–H groups in total. The number of fused-ring (bicyclic) bond motifs is 1. The summed E-state index contributed by atoms with van der Waals surface area (Å²) in [4.78, 5) is 16.0. The Bertz CT molecular complexity index is 1050. The first-order chi connectivity index (χ1) is 11.7. The number of thiazole rings is 1. The summed E-state index contributed by atoms with van der Waals surface area (Å²) < 4.78 is 16.1. The van der Waals surface area contributed by atoms with Gasteiger partial charge in [-0.2, -0.15) is 0 Å². The molecule has 3 aromatic heterocycles. The van der Waals surface area contributed by atoms with Crippen LogP contribution in [-0.4, -0.2) is 4.98 Å². The molecule has 0 aliphatic carbocycles. The molecule has 0 atom stereocenters. The number of hydrogen-bond acceptors (Lipinski definition) is 6. The number of ether oxygens (including phenoxy) is 1. The summed E-state index contributed by atoms with van der Waals surface area (Å²) in [6, 6.07) is 8.83. The molecule has 6 heteroatoms. The Kier molecular flexibility index (Phi) is 3.66. The zero-order chi connectivity index (χ0) is 16.5. The standard InChI is InChI=1S/C18H13NO4S/c1-11-6-17(20)23-16-7-14(2-3-15(11)16)22-9-13-10-24-18(19-13)12-4-5-21-8-12/h2-8,10H,9H2,1H3. The highest BCUT2D eigenvalue weighted by molar-refractivity contribution is 7.13. The molecule has 0 fully saturated rings. The number of aryl methyl sites for hydroxylation is 1. The maximum atomic E-state index is 11.5. The normalized spacial score (nSPS) is 11.0. The second-order valence-corrected chi connectivity index (χ2v) is 6.21. The van der Waals surface area contributed by atoms with Crippen molar-refractivity contribution in [1.82, 2.24) is 4.98 Å². The van der Waals surface area contributed by atoms with Crippen LogP contribution in [0.15, 0.2) is 61.9 Å². The van der Waals surface area contributed by atoms with Crippen LogP contribution in [0.2, 0.25) is 0 Å². The molecule has 4 rings (SSSR count). The Morgan fingerprint density at radius 1 is 1.25 bits per heavy atom. The van der Waals surface area contributed by atoms with Gasteiger partial charge in [0.1, 0.15) is 29.2 Å². The van der Waals surface area contributed by atoms with Crippen LogP contribution < -0.4 is 10.4 Å². The molecule has 0 spiro atoms. The molecule has 0 unspecified atom stereocenters. The summed E-state index contributed by atoms with van der Waals surface area (Å²) >= 11 is 1.54. The third-order valence-corrected chi connectivity index (χ3v) is 4.57. The van der Waals surface area contributed by atoms with Gasteiger partial charge in [0.15, 0.2) is 0 Å². The number of aromatic nitrogens is 1. The van der Waals surface area contributed by atoms with Crippen molar-refractivity contribution < 1.29 is 13.6 Å². The molecule has 0 amide bonds. The average molecular weight is 339 g/mol. The van der Waals surface area contributed by atoms with Crippen molar-refractivity contribution in [3.63, 3.8) is 0 Å². The molecule has 0 saturated carbocycles. The number of rotatable bonds is 4. The van der Waals surface area contributed by atoms with Crippen molar-refractivity contribution in [2.24, 2.45) is 0 Å². The van der Waals surface area contributed by atoms with Crippen molar-refractivity contribution in [3.8, 4) is 16.3 Å². The van der Waals surface area contributed by atoms with Gasteiger partial charge in [0, 0.05) is 28.5 Å². The molecule has 3 heterocycles. The van der Waals surface area contributed by atoms with Gasteiger partial charge in [-0.05, 0) is 30.7 Å². The van der Waals surface area contributed by atoms with Gasteiger partial charge in [-0.1, -0.05) is 0 Å². The van der Waals surface area contributed by atoms with E-state index in [-0.39, 0.29) is 5.63 Å². The van der Waals surface area contributed by atoms with E-state index in [1.54, 1.807) is 18.6 Å². The summed E-state index contributed by atoms with van der Waals surface area (Å²) in [6.07, 6.45) is 3.29. The minimum absolute atomic E-state index is 0.343. The fourth-order valence-electron chi connectivity index (χ4n) is 2.44. The van der Waals surface area contributed by atoms with E-state index in [1.165, 1.54) is 17.4 Å². The SMILES string of the molecule is Cc1cc(=O)oc2cc(OCc3csc(-c4ccoc4)n3)ccc12. The van der Waals surface area contributed by atoms with Crippen LogP contribution in [0.25, 0.3) is 21.5 Å². The van der Waals surface area contributed by atoms with Gasteiger partial charge in [0.25, 0.3) is 0 Å². The van der Waals surface area contributed by atoms with Crippen LogP contribution >= 0.6 is 11.3 Å². The molecule has 0 aliphatic rings. The summed E-state index contributed by atoms with van der Waals surface area (Å²) in [7, 11) is 0. The third kappa shape index (κ3) is 2.83. The van der Waals surface area contributed by atoms with Crippen molar-refractivity contribution in [2.75, 3.05) is 0 Å². The summed E-state index contributed by atoms with van der Waals surface area (Å²) in [5.41, 5.74) is 2.84. The zero-order valence-electron chi connectivity index (χ0n) is 12.8. The van der Waals surface area contributed by atoms with Gasteiger partial charge < -0.3 is 13.6 Å². The Morgan fingerprint density at radius 3 is 3.00 bits per heavy atom.